The number of carboxylic acid groups (broad SMARTS) is 1. The van der Waals surface area contributed by atoms with Gasteiger partial charge in [-0.15, -0.1) is 0 Å². The number of hydrogen-bond donors (Lipinski definition) is 3. The number of carbonyl (C=O) groups is 3. The van der Waals surface area contributed by atoms with E-state index in [4.69, 9.17) is 5.11 Å². The molecule has 166 valence electrons. The minimum atomic E-state index is -4.12. The summed E-state index contributed by atoms with van der Waals surface area (Å²) in [6, 6.07) is 8.27. The van der Waals surface area contributed by atoms with Gasteiger partial charge < -0.3 is 10.4 Å². The summed E-state index contributed by atoms with van der Waals surface area (Å²) < 4.78 is 26.8. The first-order valence-corrected chi connectivity index (χ1v) is 11.3. The van der Waals surface area contributed by atoms with Gasteiger partial charge in [-0.05, 0) is 49.1 Å². The van der Waals surface area contributed by atoms with E-state index in [0.717, 1.165) is 30.7 Å². The molecule has 1 heterocycles. The Morgan fingerprint density at radius 2 is 1.68 bits per heavy atom. The minimum Gasteiger partial charge on any atom is -0.477 e. The summed E-state index contributed by atoms with van der Waals surface area (Å²) in [6.45, 7) is 4.37. The molecule has 1 aromatic heterocycles. The van der Waals surface area contributed by atoms with E-state index in [-0.39, 0.29) is 28.0 Å². The summed E-state index contributed by atoms with van der Waals surface area (Å²) in [5.74, 6) is -2.17. The number of carbonyl (C=O) groups excluding carboxylic acids is 2. The summed E-state index contributed by atoms with van der Waals surface area (Å²) in [5.41, 5.74) is 0.494. The average molecular weight is 448 g/mol. The fraction of sp³-hybridized carbons (Fsp3) is 0.333. The SMILES string of the molecule is CCC(CC)C(=O)NCCc1ccc(S(=O)(=O)NC(=O)c2ccc(C(=O)O)nc2)cc1. The van der Waals surface area contributed by atoms with E-state index in [2.05, 4.69) is 10.3 Å². The van der Waals surface area contributed by atoms with Gasteiger partial charge in [0.25, 0.3) is 15.9 Å². The Balaban J connectivity index is 1.96. The zero-order chi connectivity index (χ0) is 23.0. The topological polar surface area (TPSA) is 143 Å². The van der Waals surface area contributed by atoms with Crippen LogP contribution in [0.1, 0.15) is 53.1 Å². The van der Waals surface area contributed by atoms with Crippen molar-refractivity contribution in [1.82, 2.24) is 15.0 Å². The Kier molecular flexibility index (Phi) is 8.26. The van der Waals surface area contributed by atoms with Crippen molar-refractivity contribution in [2.45, 2.75) is 38.0 Å². The highest BCUT2D eigenvalue weighted by Gasteiger charge is 2.19. The number of sulfonamides is 1. The van der Waals surface area contributed by atoms with Crippen LogP contribution in [0.25, 0.3) is 0 Å². The lowest BCUT2D eigenvalue weighted by Gasteiger charge is -2.12. The fourth-order valence-electron chi connectivity index (χ4n) is 2.86. The standard InChI is InChI=1S/C21H25N3O6S/c1-3-15(4-2)19(25)22-12-11-14-5-8-17(9-6-14)31(29,30)24-20(26)16-7-10-18(21(27)28)23-13-16/h5-10,13,15H,3-4,11-12H2,1-2H3,(H,22,25)(H,24,26)(H,27,28). The number of carboxylic acids is 1. The zero-order valence-electron chi connectivity index (χ0n) is 17.3. The summed E-state index contributed by atoms with van der Waals surface area (Å²) in [4.78, 5) is 38.5. The van der Waals surface area contributed by atoms with Crippen LogP contribution >= 0.6 is 0 Å². The van der Waals surface area contributed by atoms with Crippen LogP contribution in [0.4, 0.5) is 0 Å². The second-order valence-electron chi connectivity index (χ2n) is 6.87. The molecule has 0 fully saturated rings. The van der Waals surface area contributed by atoms with Gasteiger partial charge in [-0.2, -0.15) is 0 Å². The second-order valence-corrected chi connectivity index (χ2v) is 8.55. The molecular formula is C21H25N3O6S. The van der Waals surface area contributed by atoms with Gasteiger partial charge in [-0.1, -0.05) is 26.0 Å². The van der Waals surface area contributed by atoms with Crippen LogP contribution < -0.4 is 10.0 Å². The van der Waals surface area contributed by atoms with Crippen molar-refractivity contribution in [2.24, 2.45) is 5.92 Å². The Labute approximate surface area is 180 Å². The minimum absolute atomic E-state index is 0.00772. The predicted octanol–water partition coefficient (Wildman–Crippen LogP) is 1.99. The molecule has 0 bridgehead atoms. The molecule has 2 aromatic rings. The van der Waals surface area contributed by atoms with Crippen LogP contribution in [-0.2, 0) is 21.2 Å². The van der Waals surface area contributed by atoms with Crippen molar-refractivity contribution in [1.29, 1.82) is 0 Å². The van der Waals surface area contributed by atoms with Gasteiger partial charge in [0.15, 0.2) is 0 Å². The quantitative estimate of drug-likeness (QED) is 0.505. The van der Waals surface area contributed by atoms with Crippen molar-refractivity contribution in [3.8, 4) is 0 Å². The normalized spacial score (nSPS) is 11.2. The predicted molar refractivity (Wildman–Crippen MR) is 113 cm³/mol. The van der Waals surface area contributed by atoms with E-state index >= 15 is 0 Å². The van der Waals surface area contributed by atoms with Crippen LogP contribution in [0.2, 0.25) is 0 Å². The van der Waals surface area contributed by atoms with Crippen LogP contribution in [0.3, 0.4) is 0 Å². The first-order valence-electron chi connectivity index (χ1n) is 9.81. The molecule has 3 N–H and O–H groups in total. The molecule has 0 radical (unpaired) electrons. The summed E-state index contributed by atoms with van der Waals surface area (Å²) in [6.07, 6.45) is 3.09. The molecule has 0 saturated heterocycles. The number of hydrogen-bond acceptors (Lipinski definition) is 6. The molecule has 0 aliphatic rings. The van der Waals surface area contributed by atoms with Crippen molar-refractivity contribution in [3.63, 3.8) is 0 Å². The highest BCUT2D eigenvalue weighted by molar-refractivity contribution is 7.90. The number of amides is 2. The Morgan fingerprint density at radius 1 is 1.03 bits per heavy atom. The molecule has 9 nitrogen and oxygen atoms in total. The summed E-state index contributed by atoms with van der Waals surface area (Å²) in [5, 5.41) is 11.7. The van der Waals surface area contributed by atoms with Crippen molar-refractivity contribution in [2.75, 3.05) is 6.54 Å². The van der Waals surface area contributed by atoms with E-state index in [1.165, 1.54) is 18.2 Å². The zero-order valence-corrected chi connectivity index (χ0v) is 18.1. The van der Waals surface area contributed by atoms with Crippen molar-refractivity contribution < 1.29 is 27.9 Å². The largest absolute Gasteiger partial charge is 0.477 e. The van der Waals surface area contributed by atoms with Crippen LogP contribution in [0.15, 0.2) is 47.5 Å². The monoisotopic (exact) mass is 447 g/mol. The molecule has 0 spiro atoms. The van der Waals surface area contributed by atoms with Gasteiger partial charge in [-0.3, -0.25) is 9.59 Å². The molecular weight excluding hydrogens is 422 g/mol. The average Bonchev–Trinajstić information content (AvgIpc) is 2.74. The first-order chi connectivity index (χ1) is 14.7. The molecule has 0 atom stereocenters. The number of benzene rings is 1. The lowest BCUT2D eigenvalue weighted by Crippen LogP contribution is -2.31. The lowest BCUT2D eigenvalue weighted by molar-refractivity contribution is -0.125. The number of aromatic carboxylic acids is 1. The highest BCUT2D eigenvalue weighted by atomic mass is 32.2. The first kappa shape index (κ1) is 24.0. The molecule has 31 heavy (non-hydrogen) atoms. The maximum atomic E-state index is 12.4. The Hall–Kier alpha value is -3.27. The summed E-state index contributed by atoms with van der Waals surface area (Å²) in [7, 11) is -4.12. The third-order valence-corrected chi connectivity index (χ3v) is 6.12. The van der Waals surface area contributed by atoms with Gasteiger partial charge in [-0.25, -0.2) is 22.9 Å². The molecule has 0 aliphatic carbocycles. The lowest BCUT2D eigenvalue weighted by atomic mass is 10.0. The molecule has 2 rings (SSSR count). The Morgan fingerprint density at radius 3 is 2.19 bits per heavy atom. The van der Waals surface area contributed by atoms with E-state index in [0.29, 0.717) is 13.0 Å². The molecule has 2 amide bonds. The fourth-order valence-corrected chi connectivity index (χ4v) is 3.84. The van der Waals surface area contributed by atoms with Gasteiger partial charge in [0.05, 0.1) is 10.5 Å². The third kappa shape index (κ3) is 6.61. The van der Waals surface area contributed by atoms with E-state index in [1.54, 1.807) is 12.1 Å². The van der Waals surface area contributed by atoms with E-state index in [9.17, 15) is 22.8 Å². The molecule has 10 heteroatoms. The van der Waals surface area contributed by atoms with E-state index < -0.39 is 21.9 Å². The highest BCUT2D eigenvalue weighted by Crippen LogP contribution is 2.12. The second kappa shape index (κ2) is 10.7. The van der Waals surface area contributed by atoms with Gasteiger partial charge in [0.2, 0.25) is 5.91 Å². The smallest absolute Gasteiger partial charge is 0.354 e. The van der Waals surface area contributed by atoms with Crippen molar-refractivity contribution >= 4 is 27.8 Å². The molecule has 0 unspecified atom stereocenters. The van der Waals surface area contributed by atoms with Crippen LogP contribution in [0.5, 0.6) is 0 Å². The van der Waals surface area contributed by atoms with Crippen molar-refractivity contribution in [3.05, 3.63) is 59.4 Å². The van der Waals surface area contributed by atoms with Gasteiger partial charge in [0, 0.05) is 18.7 Å². The third-order valence-electron chi connectivity index (χ3n) is 4.77. The van der Waals surface area contributed by atoms with Gasteiger partial charge in [0.1, 0.15) is 5.69 Å². The number of nitrogens with zero attached hydrogens (tertiary/aromatic N) is 1. The molecule has 1 aromatic carbocycles. The van der Waals surface area contributed by atoms with E-state index in [1.807, 2.05) is 18.6 Å². The number of rotatable bonds is 10. The van der Waals surface area contributed by atoms with Gasteiger partial charge >= 0.3 is 5.97 Å². The number of nitrogens with one attached hydrogen (secondary N) is 2. The van der Waals surface area contributed by atoms with Crippen LogP contribution in [-0.4, -0.2) is 42.8 Å². The van der Waals surface area contributed by atoms with Crippen LogP contribution in [0, 0.1) is 5.92 Å². The molecule has 0 saturated carbocycles. The maximum Gasteiger partial charge on any atom is 0.354 e. The molecule has 0 aliphatic heterocycles. The number of pyridine rings is 1. The maximum absolute atomic E-state index is 12.4. The Bertz CT molecular complexity index is 1030. The summed E-state index contributed by atoms with van der Waals surface area (Å²) >= 11 is 0. The number of aromatic nitrogens is 1.